The lowest BCUT2D eigenvalue weighted by Crippen LogP contribution is -2.56. The standard InChI is InChI=1S/C17H29N3/c1-3-11-20(13-16-8-4-5-10-19-16)17(14-18)9-6-7-15(2)12-17/h4-5,8,10,15H,3,6-7,9,11-14,18H2,1-2H3. The number of nitrogens with two attached hydrogens (primary N) is 1. The van der Waals surface area contributed by atoms with E-state index in [1.165, 1.54) is 32.1 Å². The smallest absolute Gasteiger partial charge is 0.0544 e. The maximum atomic E-state index is 6.22. The van der Waals surface area contributed by atoms with Gasteiger partial charge in [0.15, 0.2) is 0 Å². The Morgan fingerprint density at radius 1 is 1.45 bits per heavy atom. The molecular weight excluding hydrogens is 246 g/mol. The van der Waals surface area contributed by atoms with E-state index in [1.54, 1.807) is 0 Å². The van der Waals surface area contributed by atoms with Crippen LogP contribution in [-0.4, -0.2) is 28.5 Å². The Morgan fingerprint density at radius 3 is 2.90 bits per heavy atom. The van der Waals surface area contributed by atoms with E-state index < -0.39 is 0 Å². The summed E-state index contributed by atoms with van der Waals surface area (Å²) in [5.41, 5.74) is 7.57. The van der Waals surface area contributed by atoms with Gasteiger partial charge in [0.2, 0.25) is 0 Å². The molecule has 2 N–H and O–H groups in total. The lowest BCUT2D eigenvalue weighted by Gasteiger charge is -2.47. The zero-order valence-electron chi connectivity index (χ0n) is 13.0. The van der Waals surface area contributed by atoms with Gasteiger partial charge in [-0.25, -0.2) is 0 Å². The molecule has 1 aromatic rings. The lowest BCUT2D eigenvalue weighted by atomic mass is 9.75. The van der Waals surface area contributed by atoms with E-state index in [2.05, 4.69) is 35.9 Å². The summed E-state index contributed by atoms with van der Waals surface area (Å²) in [6.07, 6.45) is 8.18. The van der Waals surface area contributed by atoms with E-state index in [0.717, 1.165) is 31.2 Å². The van der Waals surface area contributed by atoms with E-state index in [-0.39, 0.29) is 5.54 Å². The van der Waals surface area contributed by atoms with E-state index in [0.29, 0.717) is 0 Å². The van der Waals surface area contributed by atoms with E-state index in [9.17, 15) is 0 Å². The Hall–Kier alpha value is -0.930. The van der Waals surface area contributed by atoms with Gasteiger partial charge < -0.3 is 5.73 Å². The minimum atomic E-state index is 0.186. The first-order chi connectivity index (χ1) is 9.70. The van der Waals surface area contributed by atoms with Gasteiger partial charge in [0.1, 0.15) is 0 Å². The minimum Gasteiger partial charge on any atom is -0.329 e. The molecule has 1 aliphatic rings. The van der Waals surface area contributed by atoms with Crippen molar-refractivity contribution in [3.05, 3.63) is 30.1 Å². The zero-order valence-corrected chi connectivity index (χ0v) is 13.0. The molecule has 0 amide bonds. The first kappa shape index (κ1) is 15.5. The van der Waals surface area contributed by atoms with Crippen LogP contribution in [0.2, 0.25) is 0 Å². The molecule has 20 heavy (non-hydrogen) atoms. The topological polar surface area (TPSA) is 42.2 Å². The fourth-order valence-corrected chi connectivity index (χ4v) is 3.68. The van der Waals surface area contributed by atoms with Crippen molar-refractivity contribution in [2.24, 2.45) is 11.7 Å². The number of hydrogen-bond donors (Lipinski definition) is 1. The Balaban J connectivity index is 2.16. The summed E-state index contributed by atoms with van der Waals surface area (Å²) < 4.78 is 0. The van der Waals surface area contributed by atoms with E-state index in [4.69, 9.17) is 5.73 Å². The molecule has 2 atom stereocenters. The van der Waals surface area contributed by atoms with Crippen LogP contribution in [0.5, 0.6) is 0 Å². The summed E-state index contributed by atoms with van der Waals surface area (Å²) >= 11 is 0. The molecule has 0 spiro atoms. The quantitative estimate of drug-likeness (QED) is 0.867. The Kier molecular flexibility index (Phi) is 5.55. The highest BCUT2D eigenvalue weighted by atomic mass is 15.2. The molecule has 3 heteroatoms. The normalized spacial score (nSPS) is 26.9. The number of rotatable bonds is 6. The van der Waals surface area contributed by atoms with Crippen LogP contribution in [0.1, 0.15) is 51.6 Å². The molecule has 0 aliphatic heterocycles. The van der Waals surface area contributed by atoms with Crippen LogP contribution in [0.3, 0.4) is 0 Å². The van der Waals surface area contributed by atoms with Crippen molar-refractivity contribution in [3.8, 4) is 0 Å². The highest BCUT2D eigenvalue weighted by molar-refractivity contribution is 5.06. The highest BCUT2D eigenvalue weighted by Gasteiger charge is 2.38. The summed E-state index contributed by atoms with van der Waals surface area (Å²) in [7, 11) is 0. The predicted molar refractivity (Wildman–Crippen MR) is 84.4 cm³/mol. The molecule has 0 aromatic carbocycles. The van der Waals surface area contributed by atoms with Gasteiger partial charge in [0.05, 0.1) is 5.69 Å². The van der Waals surface area contributed by atoms with Crippen LogP contribution >= 0.6 is 0 Å². The third kappa shape index (κ3) is 3.58. The molecule has 1 aromatic heterocycles. The largest absolute Gasteiger partial charge is 0.329 e. The summed E-state index contributed by atoms with van der Waals surface area (Å²) in [5, 5.41) is 0. The van der Waals surface area contributed by atoms with Gasteiger partial charge in [-0.3, -0.25) is 9.88 Å². The van der Waals surface area contributed by atoms with Crippen LogP contribution in [0.15, 0.2) is 24.4 Å². The number of hydrogen-bond acceptors (Lipinski definition) is 3. The number of pyridine rings is 1. The summed E-state index contributed by atoms with van der Waals surface area (Å²) in [5.74, 6) is 0.787. The molecule has 0 radical (unpaired) electrons. The van der Waals surface area contributed by atoms with Crippen molar-refractivity contribution >= 4 is 0 Å². The zero-order chi connectivity index (χ0) is 14.4. The maximum Gasteiger partial charge on any atom is 0.0544 e. The summed E-state index contributed by atoms with van der Waals surface area (Å²) in [6, 6.07) is 6.18. The van der Waals surface area contributed by atoms with Crippen LogP contribution in [0, 0.1) is 5.92 Å². The second kappa shape index (κ2) is 7.19. The average molecular weight is 275 g/mol. The molecule has 1 fully saturated rings. The fourth-order valence-electron chi connectivity index (χ4n) is 3.68. The first-order valence-corrected chi connectivity index (χ1v) is 8.05. The molecule has 0 bridgehead atoms. The number of nitrogens with zero attached hydrogens (tertiary/aromatic N) is 2. The van der Waals surface area contributed by atoms with Crippen molar-refractivity contribution in [3.63, 3.8) is 0 Å². The molecule has 2 unspecified atom stereocenters. The lowest BCUT2D eigenvalue weighted by molar-refractivity contribution is 0.0312. The van der Waals surface area contributed by atoms with Crippen molar-refractivity contribution in [1.82, 2.24) is 9.88 Å². The second-order valence-electron chi connectivity index (χ2n) is 6.37. The summed E-state index contributed by atoms with van der Waals surface area (Å²) in [6.45, 7) is 7.43. The molecule has 1 saturated carbocycles. The van der Waals surface area contributed by atoms with Gasteiger partial charge >= 0.3 is 0 Å². The molecule has 1 aliphatic carbocycles. The third-order valence-electron chi connectivity index (χ3n) is 4.69. The monoisotopic (exact) mass is 275 g/mol. The third-order valence-corrected chi connectivity index (χ3v) is 4.69. The van der Waals surface area contributed by atoms with Crippen LogP contribution in [-0.2, 0) is 6.54 Å². The van der Waals surface area contributed by atoms with Crippen molar-refractivity contribution in [2.75, 3.05) is 13.1 Å². The van der Waals surface area contributed by atoms with Gasteiger partial charge in [-0.05, 0) is 43.9 Å². The Morgan fingerprint density at radius 2 is 2.30 bits per heavy atom. The van der Waals surface area contributed by atoms with E-state index >= 15 is 0 Å². The first-order valence-electron chi connectivity index (χ1n) is 8.05. The van der Waals surface area contributed by atoms with Crippen LogP contribution in [0.25, 0.3) is 0 Å². The van der Waals surface area contributed by atoms with Crippen molar-refractivity contribution in [2.45, 2.75) is 58.0 Å². The molecule has 1 heterocycles. The van der Waals surface area contributed by atoms with Gasteiger partial charge in [-0.1, -0.05) is 32.8 Å². The second-order valence-corrected chi connectivity index (χ2v) is 6.37. The van der Waals surface area contributed by atoms with Gasteiger partial charge in [-0.15, -0.1) is 0 Å². The minimum absolute atomic E-state index is 0.186. The average Bonchev–Trinajstić information content (AvgIpc) is 2.48. The molecule has 0 saturated heterocycles. The molecule has 112 valence electrons. The van der Waals surface area contributed by atoms with Crippen molar-refractivity contribution in [1.29, 1.82) is 0 Å². The predicted octanol–water partition coefficient (Wildman–Crippen LogP) is 3.20. The molecular formula is C17H29N3. The van der Waals surface area contributed by atoms with Crippen LogP contribution in [0.4, 0.5) is 0 Å². The van der Waals surface area contributed by atoms with Crippen LogP contribution < -0.4 is 5.73 Å². The maximum absolute atomic E-state index is 6.22. The Bertz CT molecular complexity index is 392. The molecule has 3 nitrogen and oxygen atoms in total. The highest BCUT2D eigenvalue weighted by Crippen LogP contribution is 2.37. The van der Waals surface area contributed by atoms with Gasteiger partial charge in [0, 0.05) is 24.8 Å². The van der Waals surface area contributed by atoms with Gasteiger partial charge in [-0.2, -0.15) is 0 Å². The number of aromatic nitrogens is 1. The summed E-state index contributed by atoms with van der Waals surface area (Å²) in [4.78, 5) is 7.10. The molecule has 2 rings (SSSR count). The van der Waals surface area contributed by atoms with E-state index in [1.807, 2.05) is 12.3 Å². The Labute approximate surface area is 123 Å². The van der Waals surface area contributed by atoms with Crippen molar-refractivity contribution < 1.29 is 0 Å². The van der Waals surface area contributed by atoms with Gasteiger partial charge in [0.25, 0.3) is 0 Å². The SMILES string of the molecule is CCCN(Cc1ccccn1)C1(CN)CCCC(C)C1. The fraction of sp³-hybridized carbons (Fsp3) is 0.706.